The van der Waals surface area contributed by atoms with E-state index in [1.165, 1.54) is 36.4 Å². The van der Waals surface area contributed by atoms with Crippen molar-refractivity contribution in [2.45, 2.75) is 31.3 Å². The Labute approximate surface area is 212 Å². The summed E-state index contributed by atoms with van der Waals surface area (Å²) in [5, 5.41) is 13.9. The van der Waals surface area contributed by atoms with Gasteiger partial charge in [0.25, 0.3) is 5.91 Å². The molecule has 3 rings (SSSR count). The average Bonchev–Trinajstić information content (AvgIpc) is 3.25. The number of benzene rings is 1. The van der Waals surface area contributed by atoms with Crippen LogP contribution in [0.25, 0.3) is 0 Å². The minimum Gasteiger partial charge on any atom is -0.472 e. The molecule has 0 saturated carbocycles. The summed E-state index contributed by atoms with van der Waals surface area (Å²) < 4.78 is 39.5. The van der Waals surface area contributed by atoms with Crippen LogP contribution in [0.1, 0.15) is 29.9 Å². The Hall–Kier alpha value is -3.55. The van der Waals surface area contributed by atoms with Crippen LogP contribution in [0.4, 0.5) is 5.13 Å². The van der Waals surface area contributed by atoms with Gasteiger partial charge in [0, 0.05) is 23.8 Å². The van der Waals surface area contributed by atoms with Crippen LogP contribution in [0.5, 0.6) is 17.5 Å². The van der Waals surface area contributed by atoms with Crippen LogP contribution in [-0.4, -0.2) is 60.9 Å². The third kappa shape index (κ3) is 7.73. The molecule has 1 amide bonds. The van der Waals surface area contributed by atoms with Crippen LogP contribution < -0.4 is 14.8 Å². The van der Waals surface area contributed by atoms with Crippen LogP contribution in [0.15, 0.2) is 46.7 Å². The molecule has 0 bridgehead atoms. The van der Waals surface area contributed by atoms with Crippen LogP contribution in [0.2, 0.25) is 0 Å². The molecule has 36 heavy (non-hydrogen) atoms. The maximum absolute atomic E-state index is 12.9. The molecular weight excluding hydrogens is 510 g/mol. The molecule has 0 radical (unpaired) electrons. The van der Waals surface area contributed by atoms with Crippen LogP contribution in [-0.2, 0) is 25.8 Å². The smallest absolute Gasteiger partial charge is 0.311 e. The molecule has 2 N–H and O–H groups in total. The highest BCUT2D eigenvalue weighted by atomic mass is 32.2. The van der Waals surface area contributed by atoms with E-state index in [4.69, 9.17) is 14.2 Å². The molecule has 0 unspecified atom stereocenters. The SMILES string of the molecule is CCOC(=O)Cc1csc(NC(=O)c2cc(Oc3ccc(S(C)(=O)=O)cc3)nc(O[C@H](C)CO)c2)n1. The van der Waals surface area contributed by atoms with Crippen molar-refractivity contribution in [1.82, 2.24) is 9.97 Å². The van der Waals surface area contributed by atoms with Crippen molar-refractivity contribution >= 4 is 38.2 Å². The first kappa shape index (κ1) is 27.0. The number of ether oxygens (including phenoxy) is 3. The Morgan fingerprint density at radius 2 is 1.83 bits per heavy atom. The highest BCUT2D eigenvalue weighted by molar-refractivity contribution is 7.90. The number of nitrogens with zero attached hydrogens (tertiary/aromatic N) is 2. The molecule has 192 valence electrons. The molecule has 3 aromatic rings. The van der Waals surface area contributed by atoms with E-state index >= 15 is 0 Å². The standard InChI is InChI=1S/C23H25N3O8S2/c1-4-32-21(28)11-16-13-35-23(24-16)26-22(29)15-9-19(33-14(2)12-27)25-20(10-15)34-17-5-7-18(8-6-17)36(3,30)31/h5-10,13-14,27H,4,11-12H2,1-3H3,(H,24,26,29)/t14-/m1/s1. The second kappa shape index (κ2) is 11.9. The first-order chi connectivity index (χ1) is 17.1. The number of nitrogens with one attached hydrogen (secondary N) is 1. The number of esters is 1. The third-order valence-corrected chi connectivity index (χ3v) is 6.43. The Morgan fingerprint density at radius 3 is 2.47 bits per heavy atom. The maximum Gasteiger partial charge on any atom is 0.311 e. The van der Waals surface area contributed by atoms with Crippen LogP contribution in [0, 0.1) is 0 Å². The van der Waals surface area contributed by atoms with Gasteiger partial charge in [-0.3, -0.25) is 14.9 Å². The van der Waals surface area contributed by atoms with E-state index in [9.17, 15) is 23.1 Å². The monoisotopic (exact) mass is 535 g/mol. The number of hydrogen-bond acceptors (Lipinski definition) is 11. The van der Waals surface area contributed by atoms with Gasteiger partial charge in [-0.2, -0.15) is 4.98 Å². The van der Waals surface area contributed by atoms with E-state index in [0.29, 0.717) is 5.69 Å². The van der Waals surface area contributed by atoms with Gasteiger partial charge in [-0.15, -0.1) is 11.3 Å². The molecule has 11 nitrogen and oxygen atoms in total. The average molecular weight is 536 g/mol. The molecular formula is C23H25N3O8S2. The van der Waals surface area contributed by atoms with Gasteiger partial charge in [-0.25, -0.2) is 13.4 Å². The van der Waals surface area contributed by atoms with Gasteiger partial charge in [-0.1, -0.05) is 0 Å². The molecule has 13 heteroatoms. The van der Waals surface area contributed by atoms with E-state index in [1.54, 1.807) is 19.2 Å². The van der Waals surface area contributed by atoms with Gasteiger partial charge >= 0.3 is 5.97 Å². The minimum atomic E-state index is -3.37. The van der Waals surface area contributed by atoms with Crippen molar-refractivity contribution < 1.29 is 37.3 Å². The molecule has 2 heterocycles. The van der Waals surface area contributed by atoms with Gasteiger partial charge in [0.1, 0.15) is 11.9 Å². The van der Waals surface area contributed by atoms with Crippen molar-refractivity contribution in [3.8, 4) is 17.5 Å². The zero-order chi connectivity index (χ0) is 26.3. The lowest BCUT2D eigenvalue weighted by atomic mass is 10.2. The molecule has 1 aromatic carbocycles. The summed E-state index contributed by atoms with van der Waals surface area (Å²) in [7, 11) is -3.37. The van der Waals surface area contributed by atoms with Gasteiger partial charge in [0.2, 0.25) is 11.8 Å². The summed E-state index contributed by atoms with van der Waals surface area (Å²) in [5.41, 5.74) is 0.598. The fourth-order valence-corrected chi connectivity index (χ4v) is 4.15. The molecule has 0 aliphatic heterocycles. The number of amides is 1. The fraction of sp³-hybridized carbons (Fsp3) is 0.304. The normalized spacial score (nSPS) is 12.0. The second-order valence-electron chi connectivity index (χ2n) is 7.57. The zero-order valence-corrected chi connectivity index (χ0v) is 21.4. The van der Waals surface area contributed by atoms with Crippen molar-refractivity contribution in [2.24, 2.45) is 0 Å². The number of hydrogen-bond donors (Lipinski definition) is 2. The second-order valence-corrected chi connectivity index (χ2v) is 10.4. The fourth-order valence-electron chi connectivity index (χ4n) is 2.82. The number of aromatic nitrogens is 2. The Morgan fingerprint density at radius 1 is 1.14 bits per heavy atom. The van der Waals surface area contributed by atoms with Crippen LogP contribution in [0.3, 0.4) is 0 Å². The highest BCUT2D eigenvalue weighted by Gasteiger charge is 2.17. The van der Waals surface area contributed by atoms with E-state index in [0.717, 1.165) is 17.6 Å². The lowest BCUT2D eigenvalue weighted by Gasteiger charge is -2.14. The van der Waals surface area contributed by atoms with Gasteiger partial charge in [0.15, 0.2) is 15.0 Å². The summed E-state index contributed by atoms with van der Waals surface area (Å²) in [4.78, 5) is 33.1. The lowest BCUT2D eigenvalue weighted by molar-refractivity contribution is -0.142. The number of anilines is 1. The predicted octanol–water partition coefficient (Wildman–Crippen LogP) is 2.85. The van der Waals surface area contributed by atoms with Crippen LogP contribution >= 0.6 is 11.3 Å². The summed E-state index contributed by atoms with van der Waals surface area (Å²) >= 11 is 1.15. The quantitative estimate of drug-likeness (QED) is 0.350. The molecule has 0 aliphatic rings. The molecule has 0 aliphatic carbocycles. The number of carbonyl (C=O) groups excluding carboxylic acids is 2. The molecule has 2 aromatic heterocycles. The zero-order valence-electron chi connectivity index (χ0n) is 19.8. The van der Waals surface area contributed by atoms with Crippen molar-refractivity contribution in [3.05, 3.63) is 53.0 Å². The topological polar surface area (TPSA) is 154 Å². The van der Waals surface area contributed by atoms with Crippen molar-refractivity contribution in [1.29, 1.82) is 0 Å². The lowest BCUT2D eigenvalue weighted by Crippen LogP contribution is -2.18. The number of thiazole rings is 1. The van der Waals surface area contributed by atoms with Crippen molar-refractivity contribution in [3.63, 3.8) is 0 Å². The van der Waals surface area contributed by atoms with Gasteiger partial charge < -0.3 is 19.3 Å². The molecule has 0 saturated heterocycles. The maximum atomic E-state index is 12.9. The number of pyridine rings is 1. The first-order valence-electron chi connectivity index (χ1n) is 10.8. The van der Waals surface area contributed by atoms with Gasteiger partial charge in [0.05, 0.1) is 35.8 Å². The number of rotatable bonds is 11. The first-order valence-corrected chi connectivity index (χ1v) is 13.5. The highest BCUT2D eigenvalue weighted by Crippen LogP contribution is 2.26. The number of aliphatic hydroxyl groups is 1. The summed E-state index contributed by atoms with van der Waals surface area (Å²) in [6, 6.07) is 8.47. The third-order valence-electron chi connectivity index (χ3n) is 4.50. The largest absolute Gasteiger partial charge is 0.472 e. The van der Waals surface area contributed by atoms with Gasteiger partial charge in [-0.05, 0) is 38.1 Å². The van der Waals surface area contributed by atoms with E-state index < -0.39 is 27.8 Å². The number of aliphatic hydroxyl groups excluding tert-OH is 1. The summed E-state index contributed by atoms with van der Waals surface area (Å²) in [6.07, 6.45) is 0.491. The van der Waals surface area contributed by atoms with Crippen molar-refractivity contribution in [2.75, 3.05) is 24.8 Å². The summed E-state index contributed by atoms with van der Waals surface area (Å²) in [6.45, 7) is 3.32. The van der Waals surface area contributed by atoms with E-state index in [-0.39, 0.29) is 52.7 Å². The Balaban J connectivity index is 1.81. The number of sulfone groups is 1. The minimum absolute atomic E-state index is 0.0111. The molecule has 1 atom stereocenters. The Bertz CT molecular complexity index is 1320. The van der Waals surface area contributed by atoms with E-state index in [1.807, 2.05) is 0 Å². The predicted molar refractivity (Wildman–Crippen MR) is 131 cm³/mol. The molecule has 0 spiro atoms. The Kier molecular flexibility index (Phi) is 8.96. The molecule has 0 fully saturated rings. The summed E-state index contributed by atoms with van der Waals surface area (Å²) in [5.74, 6) is -0.613. The number of carbonyl (C=O) groups is 2. The van der Waals surface area contributed by atoms with E-state index in [2.05, 4.69) is 15.3 Å².